The summed E-state index contributed by atoms with van der Waals surface area (Å²) in [6.45, 7) is 6.12. The van der Waals surface area contributed by atoms with Gasteiger partial charge in [0, 0.05) is 6.42 Å². The lowest BCUT2D eigenvalue weighted by molar-refractivity contribution is 0.144. The van der Waals surface area contributed by atoms with Gasteiger partial charge in [0.15, 0.2) is 0 Å². The van der Waals surface area contributed by atoms with Gasteiger partial charge >= 0.3 is 0 Å². The molecule has 1 aromatic carbocycles. The molecule has 18 heavy (non-hydrogen) atoms. The normalized spacial score (nSPS) is 10.7. The summed E-state index contributed by atoms with van der Waals surface area (Å²) in [5, 5.41) is 7.99. The van der Waals surface area contributed by atoms with E-state index in [9.17, 15) is 0 Å². The van der Waals surface area contributed by atoms with Crippen LogP contribution in [0.4, 0.5) is 0 Å². The largest absolute Gasteiger partial charge is 0.361 e. The molecule has 0 aliphatic carbocycles. The molecule has 96 valence electrons. The average Bonchev–Trinajstić information content (AvgIpc) is 2.78. The standard InChI is InChI=1S/C14H19N3O/c1-3-4-5-6-9-12(2)18-17-14-11-8-7-10-13(14)15-16-17/h7-8,10-11H,2-6,9H2,1H3. The zero-order valence-electron chi connectivity index (χ0n) is 10.8. The third-order valence-corrected chi connectivity index (χ3v) is 2.85. The number of hydrogen-bond acceptors (Lipinski definition) is 3. The Hall–Kier alpha value is -1.84. The van der Waals surface area contributed by atoms with E-state index in [1.54, 1.807) is 0 Å². The van der Waals surface area contributed by atoms with Crippen molar-refractivity contribution in [3.63, 3.8) is 0 Å². The van der Waals surface area contributed by atoms with Crippen LogP contribution in [-0.2, 0) is 0 Å². The highest BCUT2D eigenvalue weighted by Crippen LogP contribution is 2.11. The molecule has 4 heteroatoms. The Balaban J connectivity index is 1.91. The first-order valence-electron chi connectivity index (χ1n) is 6.48. The molecule has 0 N–H and O–H groups in total. The second-order valence-electron chi connectivity index (χ2n) is 4.39. The van der Waals surface area contributed by atoms with E-state index in [0.29, 0.717) is 0 Å². The van der Waals surface area contributed by atoms with Gasteiger partial charge in [0.05, 0.1) is 0 Å². The number of para-hydroxylation sites is 1. The van der Waals surface area contributed by atoms with E-state index in [2.05, 4.69) is 23.8 Å². The van der Waals surface area contributed by atoms with Crippen LogP contribution in [0.1, 0.15) is 39.0 Å². The van der Waals surface area contributed by atoms with Gasteiger partial charge in [-0.15, -0.1) is 5.10 Å². The summed E-state index contributed by atoms with van der Waals surface area (Å²) in [4.78, 5) is 7.04. The van der Waals surface area contributed by atoms with Crippen LogP contribution < -0.4 is 4.84 Å². The number of rotatable bonds is 7. The molecule has 2 rings (SSSR count). The van der Waals surface area contributed by atoms with Crippen LogP contribution in [0.2, 0.25) is 0 Å². The fourth-order valence-electron chi connectivity index (χ4n) is 1.83. The Kier molecular flexibility index (Phi) is 4.34. The summed E-state index contributed by atoms with van der Waals surface area (Å²) in [6.07, 6.45) is 5.70. The second kappa shape index (κ2) is 6.19. The molecule has 0 bridgehead atoms. The van der Waals surface area contributed by atoms with E-state index in [1.165, 1.54) is 24.1 Å². The number of allylic oxidation sites excluding steroid dienone is 1. The minimum Gasteiger partial charge on any atom is -0.361 e. The number of unbranched alkanes of at least 4 members (excludes halogenated alkanes) is 3. The van der Waals surface area contributed by atoms with Gasteiger partial charge in [-0.3, -0.25) is 0 Å². The Labute approximate surface area is 107 Å². The van der Waals surface area contributed by atoms with Crippen molar-refractivity contribution < 1.29 is 4.84 Å². The molecular formula is C14H19N3O. The summed E-state index contributed by atoms with van der Waals surface area (Å²) in [7, 11) is 0. The molecule has 0 aliphatic rings. The summed E-state index contributed by atoms with van der Waals surface area (Å²) in [5.41, 5.74) is 1.70. The summed E-state index contributed by atoms with van der Waals surface area (Å²) < 4.78 is 0. The number of fused-ring (bicyclic) bond motifs is 1. The molecule has 1 heterocycles. The molecule has 1 aromatic heterocycles. The molecule has 0 saturated carbocycles. The van der Waals surface area contributed by atoms with Crippen LogP contribution >= 0.6 is 0 Å². The van der Waals surface area contributed by atoms with Crippen LogP contribution in [0, 0.1) is 0 Å². The smallest absolute Gasteiger partial charge is 0.131 e. The highest BCUT2D eigenvalue weighted by atomic mass is 16.7. The molecule has 0 aliphatic heterocycles. The molecule has 0 amide bonds. The minimum atomic E-state index is 0.738. The molecule has 0 saturated heterocycles. The van der Waals surface area contributed by atoms with E-state index in [-0.39, 0.29) is 0 Å². The number of nitrogens with zero attached hydrogens (tertiary/aromatic N) is 3. The lowest BCUT2D eigenvalue weighted by Crippen LogP contribution is -2.12. The van der Waals surface area contributed by atoms with Crippen molar-refractivity contribution in [2.45, 2.75) is 39.0 Å². The van der Waals surface area contributed by atoms with E-state index in [1.807, 2.05) is 24.3 Å². The monoisotopic (exact) mass is 245 g/mol. The quantitative estimate of drug-likeness (QED) is 0.555. The predicted octanol–water partition coefficient (Wildman–Crippen LogP) is 3.34. The van der Waals surface area contributed by atoms with Crippen molar-refractivity contribution in [2.24, 2.45) is 0 Å². The Morgan fingerprint density at radius 2 is 2.11 bits per heavy atom. The summed E-state index contributed by atoms with van der Waals surface area (Å²) in [6, 6.07) is 7.71. The Morgan fingerprint density at radius 1 is 1.28 bits per heavy atom. The van der Waals surface area contributed by atoms with Crippen molar-refractivity contribution in [1.29, 1.82) is 0 Å². The zero-order chi connectivity index (χ0) is 12.8. The topological polar surface area (TPSA) is 39.9 Å². The van der Waals surface area contributed by atoms with Gasteiger partial charge in [-0.1, -0.05) is 49.7 Å². The molecule has 0 radical (unpaired) electrons. The highest BCUT2D eigenvalue weighted by molar-refractivity contribution is 5.73. The van der Waals surface area contributed by atoms with Crippen molar-refractivity contribution >= 4 is 11.0 Å². The van der Waals surface area contributed by atoms with Crippen LogP contribution in [-0.4, -0.2) is 15.2 Å². The van der Waals surface area contributed by atoms with E-state index in [4.69, 9.17) is 4.84 Å². The van der Waals surface area contributed by atoms with Gasteiger partial charge in [-0.25, -0.2) is 0 Å². The fourth-order valence-corrected chi connectivity index (χ4v) is 1.83. The molecular weight excluding hydrogens is 226 g/mol. The summed E-state index contributed by atoms with van der Waals surface area (Å²) in [5.74, 6) is 0.738. The van der Waals surface area contributed by atoms with Crippen LogP contribution in [0.3, 0.4) is 0 Å². The van der Waals surface area contributed by atoms with Crippen molar-refractivity contribution in [1.82, 2.24) is 15.2 Å². The van der Waals surface area contributed by atoms with Crippen LogP contribution in [0.5, 0.6) is 0 Å². The number of hydrogen-bond donors (Lipinski definition) is 0. The Bertz CT molecular complexity index is 518. The predicted molar refractivity (Wildman–Crippen MR) is 72.0 cm³/mol. The maximum atomic E-state index is 5.60. The minimum absolute atomic E-state index is 0.738. The van der Waals surface area contributed by atoms with Crippen molar-refractivity contribution in [3.05, 3.63) is 36.6 Å². The lowest BCUT2D eigenvalue weighted by atomic mass is 10.1. The third kappa shape index (κ3) is 3.09. The first-order chi connectivity index (χ1) is 8.81. The Morgan fingerprint density at radius 3 is 2.94 bits per heavy atom. The maximum Gasteiger partial charge on any atom is 0.131 e. The van der Waals surface area contributed by atoms with Gasteiger partial charge in [0.25, 0.3) is 0 Å². The number of aromatic nitrogens is 3. The number of benzene rings is 1. The van der Waals surface area contributed by atoms with Gasteiger partial charge < -0.3 is 4.84 Å². The van der Waals surface area contributed by atoms with Crippen molar-refractivity contribution in [2.75, 3.05) is 0 Å². The first-order valence-corrected chi connectivity index (χ1v) is 6.48. The van der Waals surface area contributed by atoms with Gasteiger partial charge in [0.1, 0.15) is 16.8 Å². The average molecular weight is 245 g/mol. The fraction of sp³-hybridized carbons (Fsp3) is 0.429. The lowest BCUT2D eigenvalue weighted by Gasteiger charge is -2.07. The molecule has 0 fully saturated rings. The van der Waals surface area contributed by atoms with Gasteiger partial charge in [-0.2, -0.15) is 0 Å². The zero-order valence-corrected chi connectivity index (χ0v) is 10.8. The van der Waals surface area contributed by atoms with Gasteiger partial charge in [-0.05, 0) is 23.8 Å². The molecule has 0 unspecified atom stereocenters. The van der Waals surface area contributed by atoms with E-state index in [0.717, 1.165) is 29.6 Å². The maximum absolute atomic E-state index is 5.60. The molecule has 0 spiro atoms. The molecule has 2 aromatic rings. The second-order valence-corrected chi connectivity index (χ2v) is 4.39. The third-order valence-electron chi connectivity index (χ3n) is 2.85. The first kappa shape index (κ1) is 12.6. The van der Waals surface area contributed by atoms with E-state index < -0.39 is 0 Å². The molecule has 4 nitrogen and oxygen atoms in total. The van der Waals surface area contributed by atoms with E-state index >= 15 is 0 Å². The molecule has 0 atom stereocenters. The summed E-state index contributed by atoms with van der Waals surface area (Å²) >= 11 is 0. The van der Waals surface area contributed by atoms with Crippen LogP contribution in [0.25, 0.3) is 11.0 Å². The highest BCUT2D eigenvalue weighted by Gasteiger charge is 2.05. The van der Waals surface area contributed by atoms with Crippen molar-refractivity contribution in [3.8, 4) is 0 Å². The van der Waals surface area contributed by atoms with Crippen LogP contribution in [0.15, 0.2) is 36.6 Å². The van der Waals surface area contributed by atoms with Gasteiger partial charge in [0.2, 0.25) is 0 Å². The SMILES string of the molecule is C=C(CCCCCC)On1nnc2ccccc21.